The van der Waals surface area contributed by atoms with Gasteiger partial charge in [-0.3, -0.25) is 0 Å². The molecule has 11 heavy (non-hydrogen) atoms. The third-order valence-electron chi connectivity index (χ3n) is 2.60. The van der Waals surface area contributed by atoms with Gasteiger partial charge in [-0.2, -0.15) is 0 Å². The molecule has 0 aromatic carbocycles. The predicted molar refractivity (Wildman–Crippen MR) is 49.2 cm³/mol. The van der Waals surface area contributed by atoms with Gasteiger partial charge in [0.15, 0.2) is 0 Å². The van der Waals surface area contributed by atoms with Crippen LogP contribution in [0.4, 0.5) is 0 Å². The SMILES string of the molecule is C=C1CC(C(C)C)C(=C)C1N. The monoisotopic (exact) mass is 151 g/mol. The van der Waals surface area contributed by atoms with Crippen molar-refractivity contribution in [1.29, 1.82) is 0 Å². The van der Waals surface area contributed by atoms with Crippen LogP contribution in [-0.2, 0) is 0 Å². The van der Waals surface area contributed by atoms with Crippen LogP contribution >= 0.6 is 0 Å². The standard InChI is InChI=1S/C10H17N/c1-6(2)9-5-7(3)10(11)8(9)4/h6,9-10H,3-5,11H2,1-2H3. The zero-order chi connectivity index (χ0) is 8.59. The van der Waals surface area contributed by atoms with Crippen molar-refractivity contribution < 1.29 is 0 Å². The Bertz CT molecular complexity index is 191. The molecular formula is C10H17N. The molecule has 1 aliphatic rings. The summed E-state index contributed by atoms with van der Waals surface area (Å²) in [7, 11) is 0. The first-order chi connectivity index (χ1) is 5.04. The zero-order valence-electron chi connectivity index (χ0n) is 7.43. The lowest BCUT2D eigenvalue weighted by molar-refractivity contribution is 0.465. The molecule has 62 valence electrons. The van der Waals surface area contributed by atoms with E-state index in [1.807, 2.05) is 0 Å². The summed E-state index contributed by atoms with van der Waals surface area (Å²) in [6.07, 6.45) is 1.04. The van der Waals surface area contributed by atoms with Crippen LogP contribution in [0.2, 0.25) is 0 Å². The van der Waals surface area contributed by atoms with E-state index in [0.29, 0.717) is 11.8 Å². The van der Waals surface area contributed by atoms with Crippen molar-refractivity contribution in [2.45, 2.75) is 26.3 Å². The molecule has 0 aliphatic heterocycles. The molecule has 2 atom stereocenters. The van der Waals surface area contributed by atoms with Crippen LogP contribution in [0.25, 0.3) is 0 Å². The highest BCUT2D eigenvalue weighted by Crippen LogP contribution is 2.36. The van der Waals surface area contributed by atoms with Crippen LogP contribution in [0.5, 0.6) is 0 Å². The fourth-order valence-electron chi connectivity index (χ4n) is 1.70. The van der Waals surface area contributed by atoms with E-state index in [-0.39, 0.29) is 6.04 Å². The molecule has 0 bridgehead atoms. The molecule has 2 N–H and O–H groups in total. The van der Waals surface area contributed by atoms with Gasteiger partial charge in [-0.05, 0) is 18.3 Å². The minimum atomic E-state index is 0.0578. The van der Waals surface area contributed by atoms with Gasteiger partial charge in [-0.1, -0.05) is 38.2 Å². The summed E-state index contributed by atoms with van der Waals surface area (Å²) in [6, 6.07) is 0.0578. The molecular weight excluding hydrogens is 134 g/mol. The molecule has 1 aliphatic carbocycles. The molecule has 0 heterocycles. The maximum Gasteiger partial charge on any atom is 0.0468 e. The van der Waals surface area contributed by atoms with Gasteiger partial charge >= 0.3 is 0 Å². The summed E-state index contributed by atoms with van der Waals surface area (Å²) in [5.41, 5.74) is 8.17. The Morgan fingerprint density at radius 3 is 2.18 bits per heavy atom. The first-order valence-corrected chi connectivity index (χ1v) is 4.16. The van der Waals surface area contributed by atoms with E-state index in [2.05, 4.69) is 27.0 Å². The van der Waals surface area contributed by atoms with Crippen LogP contribution in [0.3, 0.4) is 0 Å². The van der Waals surface area contributed by atoms with Gasteiger partial charge < -0.3 is 5.73 Å². The highest BCUT2D eigenvalue weighted by molar-refractivity contribution is 5.31. The molecule has 0 aromatic heterocycles. The Kier molecular flexibility index (Phi) is 2.19. The van der Waals surface area contributed by atoms with Gasteiger partial charge in [0.05, 0.1) is 0 Å². The maximum atomic E-state index is 5.85. The largest absolute Gasteiger partial charge is 0.321 e. The number of hydrogen-bond acceptors (Lipinski definition) is 1. The summed E-state index contributed by atoms with van der Waals surface area (Å²) in [6.45, 7) is 12.4. The van der Waals surface area contributed by atoms with E-state index >= 15 is 0 Å². The van der Waals surface area contributed by atoms with Crippen LogP contribution in [0.15, 0.2) is 24.3 Å². The number of nitrogens with two attached hydrogens (primary N) is 1. The lowest BCUT2D eigenvalue weighted by Gasteiger charge is -2.15. The summed E-state index contributed by atoms with van der Waals surface area (Å²) in [5, 5.41) is 0. The van der Waals surface area contributed by atoms with Gasteiger partial charge in [-0.25, -0.2) is 0 Å². The second-order valence-corrected chi connectivity index (χ2v) is 3.77. The Balaban J connectivity index is 2.75. The highest BCUT2D eigenvalue weighted by atomic mass is 14.7. The average Bonchev–Trinajstić information content (AvgIpc) is 2.17. The van der Waals surface area contributed by atoms with Gasteiger partial charge in [0, 0.05) is 6.04 Å². The molecule has 0 amide bonds. The van der Waals surface area contributed by atoms with E-state index in [4.69, 9.17) is 5.73 Å². The zero-order valence-corrected chi connectivity index (χ0v) is 7.43. The Morgan fingerprint density at radius 1 is 1.45 bits per heavy atom. The Hall–Kier alpha value is -0.560. The molecule has 1 rings (SSSR count). The summed E-state index contributed by atoms with van der Waals surface area (Å²) in [4.78, 5) is 0. The van der Waals surface area contributed by atoms with Crippen molar-refractivity contribution >= 4 is 0 Å². The van der Waals surface area contributed by atoms with E-state index in [1.165, 1.54) is 5.57 Å². The van der Waals surface area contributed by atoms with Gasteiger partial charge in [0.2, 0.25) is 0 Å². The third-order valence-corrected chi connectivity index (χ3v) is 2.60. The molecule has 1 nitrogen and oxygen atoms in total. The quantitative estimate of drug-likeness (QED) is 0.571. The topological polar surface area (TPSA) is 26.0 Å². The van der Waals surface area contributed by atoms with Crippen molar-refractivity contribution in [3.05, 3.63) is 24.3 Å². The molecule has 1 fully saturated rings. The molecule has 1 heteroatoms. The molecule has 0 saturated heterocycles. The van der Waals surface area contributed by atoms with Crippen molar-refractivity contribution in [2.75, 3.05) is 0 Å². The predicted octanol–water partition coefficient (Wildman–Crippen LogP) is 2.10. The van der Waals surface area contributed by atoms with Crippen molar-refractivity contribution in [3.8, 4) is 0 Å². The summed E-state index contributed by atoms with van der Waals surface area (Å²) < 4.78 is 0. The van der Waals surface area contributed by atoms with Crippen molar-refractivity contribution in [3.63, 3.8) is 0 Å². The van der Waals surface area contributed by atoms with Crippen molar-refractivity contribution in [2.24, 2.45) is 17.6 Å². The van der Waals surface area contributed by atoms with Crippen LogP contribution < -0.4 is 5.73 Å². The van der Waals surface area contributed by atoms with Crippen LogP contribution in [-0.4, -0.2) is 6.04 Å². The molecule has 0 aromatic rings. The summed E-state index contributed by atoms with van der Waals surface area (Å²) >= 11 is 0. The fourth-order valence-corrected chi connectivity index (χ4v) is 1.70. The van der Waals surface area contributed by atoms with Gasteiger partial charge in [0.25, 0.3) is 0 Å². The van der Waals surface area contributed by atoms with E-state index in [1.54, 1.807) is 0 Å². The minimum absolute atomic E-state index is 0.0578. The Labute approximate surface area is 69.0 Å². The van der Waals surface area contributed by atoms with Gasteiger partial charge in [-0.15, -0.1) is 0 Å². The Morgan fingerprint density at radius 2 is 2.00 bits per heavy atom. The fraction of sp³-hybridized carbons (Fsp3) is 0.600. The number of hydrogen-bond donors (Lipinski definition) is 1. The minimum Gasteiger partial charge on any atom is -0.321 e. The highest BCUT2D eigenvalue weighted by Gasteiger charge is 2.30. The molecule has 0 radical (unpaired) electrons. The normalized spacial score (nSPS) is 32.0. The smallest absolute Gasteiger partial charge is 0.0468 e. The second kappa shape index (κ2) is 2.82. The lowest BCUT2D eigenvalue weighted by Crippen LogP contribution is -2.20. The maximum absolute atomic E-state index is 5.85. The first kappa shape index (κ1) is 8.54. The first-order valence-electron chi connectivity index (χ1n) is 4.16. The van der Waals surface area contributed by atoms with E-state index < -0.39 is 0 Å². The van der Waals surface area contributed by atoms with E-state index in [0.717, 1.165) is 12.0 Å². The molecule has 2 unspecified atom stereocenters. The van der Waals surface area contributed by atoms with E-state index in [9.17, 15) is 0 Å². The second-order valence-electron chi connectivity index (χ2n) is 3.77. The van der Waals surface area contributed by atoms with Gasteiger partial charge in [0.1, 0.15) is 0 Å². The number of rotatable bonds is 1. The molecule has 1 saturated carbocycles. The lowest BCUT2D eigenvalue weighted by atomic mass is 9.91. The van der Waals surface area contributed by atoms with Crippen LogP contribution in [0, 0.1) is 11.8 Å². The van der Waals surface area contributed by atoms with Crippen LogP contribution in [0.1, 0.15) is 20.3 Å². The summed E-state index contributed by atoms with van der Waals surface area (Å²) in [5.74, 6) is 1.21. The van der Waals surface area contributed by atoms with Crippen molar-refractivity contribution in [1.82, 2.24) is 0 Å². The third kappa shape index (κ3) is 1.38. The average molecular weight is 151 g/mol. The molecule has 0 spiro atoms.